The van der Waals surface area contributed by atoms with Gasteiger partial charge in [-0.3, -0.25) is 0 Å². The van der Waals surface area contributed by atoms with E-state index in [1.807, 2.05) is 0 Å². The van der Waals surface area contributed by atoms with Crippen LogP contribution >= 0.6 is 0 Å². The number of hydrogen-bond acceptors (Lipinski definition) is 1. The Morgan fingerprint density at radius 3 is 2.77 bits per heavy atom. The van der Waals surface area contributed by atoms with E-state index in [2.05, 4.69) is 75.0 Å². The molecular weight excluding hydrogens is 366 g/mol. The van der Waals surface area contributed by atoms with Crippen molar-refractivity contribution in [2.24, 2.45) is 13.0 Å². The second-order valence-electron chi connectivity index (χ2n) is 9.53. The van der Waals surface area contributed by atoms with Gasteiger partial charge in [-0.2, -0.15) is 0 Å². The molecule has 150 valence electrons. The van der Waals surface area contributed by atoms with Crippen LogP contribution < -0.4 is 9.30 Å². The van der Waals surface area contributed by atoms with Crippen molar-refractivity contribution in [1.29, 1.82) is 0 Å². The molecule has 1 aromatic heterocycles. The molecule has 0 saturated carbocycles. The summed E-state index contributed by atoms with van der Waals surface area (Å²) in [6, 6.07) is 13.7. The van der Waals surface area contributed by atoms with Gasteiger partial charge in [-0.15, -0.1) is 0 Å². The first-order valence-corrected chi connectivity index (χ1v) is 11.2. The third-order valence-corrected chi connectivity index (χ3v) is 6.96. The van der Waals surface area contributed by atoms with Crippen molar-refractivity contribution >= 4 is 21.5 Å². The Balaban J connectivity index is 1.75. The minimum atomic E-state index is 0.625. The lowest BCUT2D eigenvalue weighted by atomic mass is 9.82. The lowest BCUT2D eigenvalue weighted by Gasteiger charge is -2.28. The molecule has 2 nitrogen and oxygen atoms in total. The second-order valence-corrected chi connectivity index (χ2v) is 9.53. The minimum absolute atomic E-state index is 0.625. The van der Waals surface area contributed by atoms with Crippen LogP contribution in [-0.2, 0) is 26.3 Å². The molecule has 3 aromatic carbocycles. The van der Waals surface area contributed by atoms with Crippen molar-refractivity contribution in [3.05, 3.63) is 64.8 Å². The normalized spacial score (nSPS) is 14.3. The molecule has 1 aliphatic carbocycles. The zero-order valence-electron chi connectivity index (χ0n) is 18.3. The highest BCUT2D eigenvalue weighted by molar-refractivity contribution is 6.07. The Bertz CT molecular complexity index is 1360. The molecule has 1 aliphatic heterocycles. The van der Waals surface area contributed by atoms with Crippen LogP contribution in [0.15, 0.2) is 42.6 Å². The van der Waals surface area contributed by atoms with Gasteiger partial charge >= 0.3 is 0 Å². The summed E-state index contributed by atoms with van der Waals surface area (Å²) in [6.45, 7) is 6.84. The maximum absolute atomic E-state index is 6.81. The van der Waals surface area contributed by atoms with Gasteiger partial charge in [-0.1, -0.05) is 38.1 Å². The van der Waals surface area contributed by atoms with Gasteiger partial charge in [0.15, 0.2) is 6.20 Å². The molecule has 0 N–H and O–H groups in total. The highest BCUT2D eigenvalue weighted by Crippen LogP contribution is 2.52. The second kappa shape index (κ2) is 6.31. The third kappa shape index (κ3) is 2.40. The molecule has 2 heterocycles. The number of rotatable bonds is 2. The van der Waals surface area contributed by atoms with E-state index in [9.17, 15) is 0 Å². The van der Waals surface area contributed by atoms with Crippen LogP contribution in [0.25, 0.3) is 32.8 Å². The molecule has 0 unspecified atom stereocenters. The van der Waals surface area contributed by atoms with Crippen molar-refractivity contribution in [1.82, 2.24) is 0 Å². The lowest BCUT2D eigenvalue weighted by Crippen LogP contribution is -2.32. The highest BCUT2D eigenvalue weighted by atomic mass is 16.5. The fourth-order valence-electron chi connectivity index (χ4n) is 5.74. The molecule has 0 atom stereocenters. The van der Waals surface area contributed by atoms with Crippen molar-refractivity contribution in [2.45, 2.75) is 46.5 Å². The number of aryl methyl sites for hydroxylation is 4. The van der Waals surface area contributed by atoms with Gasteiger partial charge in [0.05, 0.1) is 10.9 Å². The molecule has 2 aliphatic rings. The predicted molar refractivity (Wildman–Crippen MR) is 123 cm³/mol. The summed E-state index contributed by atoms with van der Waals surface area (Å²) in [7, 11) is 2.17. The van der Waals surface area contributed by atoms with Gasteiger partial charge in [0.2, 0.25) is 5.69 Å². The number of ether oxygens (including phenoxy) is 1. The Morgan fingerprint density at radius 2 is 1.93 bits per heavy atom. The number of hydrogen-bond donors (Lipinski definition) is 0. The zero-order chi connectivity index (χ0) is 20.6. The van der Waals surface area contributed by atoms with Crippen LogP contribution in [0.3, 0.4) is 0 Å². The molecule has 0 fully saturated rings. The topological polar surface area (TPSA) is 13.1 Å². The third-order valence-electron chi connectivity index (χ3n) is 6.96. The molecule has 0 radical (unpaired) electrons. The van der Waals surface area contributed by atoms with Crippen molar-refractivity contribution in [2.75, 3.05) is 0 Å². The van der Waals surface area contributed by atoms with Crippen LogP contribution in [0.5, 0.6) is 11.5 Å². The van der Waals surface area contributed by atoms with E-state index in [0.29, 0.717) is 5.92 Å². The van der Waals surface area contributed by atoms with Crippen molar-refractivity contribution < 1.29 is 9.30 Å². The number of nitrogens with zero attached hydrogens (tertiary/aromatic N) is 1. The lowest BCUT2D eigenvalue weighted by molar-refractivity contribution is -0.659. The molecule has 30 heavy (non-hydrogen) atoms. The first-order valence-electron chi connectivity index (χ1n) is 11.2. The molecule has 2 heteroatoms. The van der Waals surface area contributed by atoms with Crippen LogP contribution in [0.1, 0.15) is 42.5 Å². The van der Waals surface area contributed by atoms with E-state index in [4.69, 9.17) is 4.74 Å². The number of fused-ring (bicyclic) bond motifs is 3. The van der Waals surface area contributed by atoms with Crippen LogP contribution in [-0.4, -0.2) is 0 Å². The predicted octanol–water partition coefficient (Wildman–Crippen LogP) is 6.59. The van der Waals surface area contributed by atoms with Gasteiger partial charge in [0, 0.05) is 11.6 Å². The SMILES string of the molecule is Cc1c2c(c3c4c(cccc14)CCC3)Oc1cc(CC(C)C)cc3cc[n+](C)c-2c13. The molecular formula is C28H28NO+. The first-order chi connectivity index (χ1) is 14.5. The smallest absolute Gasteiger partial charge is 0.228 e. The Hall–Kier alpha value is -2.87. The highest BCUT2D eigenvalue weighted by Gasteiger charge is 2.34. The van der Waals surface area contributed by atoms with E-state index in [0.717, 1.165) is 24.3 Å². The summed E-state index contributed by atoms with van der Waals surface area (Å²) in [5.41, 5.74) is 8.17. The molecule has 4 aromatic rings. The summed E-state index contributed by atoms with van der Waals surface area (Å²) < 4.78 is 9.10. The summed E-state index contributed by atoms with van der Waals surface area (Å²) >= 11 is 0. The summed E-state index contributed by atoms with van der Waals surface area (Å²) in [5.74, 6) is 2.75. The number of aromatic nitrogens is 1. The van der Waals surface area contributed by atoms with E-state index in [1.165, 1.54) is 67.9 Å². The van der Waals surface area contributed by atoms with Crippen LogP contribution in [0, 0.1) is 12.8 Å². The van der Waals surface area contributed by atoms with Gasteiger partial charge in [0.25, 0.3) is 0 Å². The summed E-state index contributed by atoms with van der Waals surface area (Å²) in [6.07, 6.45) is 6.74. The quantitative estimate of drug-likeness (QED) is 0.308. The van der Waals surface area contributed by atoms with E-state index in [1.54, 1.807) is 0 Å². The summed E-state index contributed by atoms with van der Waals surface area (Å²) in [5, 5.41) is 5.36. The monoisotopic (exact) mass is 394 g/mol. The van der Waals surface area contributed by atoms with Crippen LogP contribution in [0.2, 0.25) is 0 Å². The van der Waals surface area contributed by atoms with Crippen molar-refractivity contribution in [3.63, 3.8) is 0 Å². The van der Waals surface area contributed by atoms with E-state index >= 15 is 0 Å². The maximum Gasteiger partial charge on any atom is 0.228 e. The molecule has 0 spiro atoms. The van der Waals surface area contributed by atoms with Gasteiger partial charge < -0.3 is 4.74 Å². The largest absolute Gasteiger partial charge is 0.455 e. The average molecular weight is 395 g/mol. The van der Waals surface area contributed by atoms with Gasteiger partial charge in [-0.05, 0) is 77.4 Å². The zero-order valence-corrected chi connectivity index (χ0v) is 18.3. The van der Waals surface area contributed by atoms with Gasteiger partial charge in [-0.25, -0.2) is 4.57 Å². The fraction of sp³-hybridized carbons (Fsp3) is 0.321. The number of benzene rings is 3. The molecule has 6 rings (SSSR count). The molecule has 0 amide bonds. The molecule has 0 saturated heterocycles. The molecule has 0 bridgehead atoms. The summed E-state index contributed by atoms with van der Waals surface area (Å²) in [4.78, 5) is 0. The Morgan fingerprint density at radius 1 is 1.07 bits per heavy atom. The first kappa shape index (κ1) is 17.9. The average Bonchev–Trinajstić information content (AvgIpc) is 2.73. The van der Waals surface area contributed by atoms with Crippen molar-refractivity contribution in [3.8, 4) is 22.8 Å². The van der Waals surface area contributed by atoms with Gasteiger partial charge in [0.1, 0.15) is 18.5 Å². The van der Waals surface area contributed by atoms with E-state index in [-0.39, 0.29) is 0 Å². The maximum atomic E-state index is 6.81. The standard InChI is InChI=1S/C28H28NO/c1-16(2)13-18-14-20-11-12-29(4)27-24-17(3)21-9-5-7-19-8-6-10-22(25(19)21)28(24)30-23(15-18)26(20)27/h5,7,9,11-12,14-16H,6,8,10,13H2,1-4H3/q+1. The van der Waals surface area contributed by atoms with E-state index < -0.39 is 0 Å². The Kier molecular flexibility index (Phi) is 3.78. The fourth-order valence-corrected chi connectivity index (χ4v) is 5.74. The van der Waals surface area contributed by atoms with Crippen LogP contribution in [0.4, 0.5) is 0 Å². The number of pyridine rings is 1. The minimum Gasteiger partial charge on any atom is -0.455 e. The Labute approximate surface area is 178 Å².